The Bertz CT molecular complexity index is 225. The molecule has 2 heterocycles. The van der Waals surface area contributed by atoms with Crippen LogP contribution in [0.3, 0.4) is 0 Å². The van der Waals surface area contributed by atoms with E-state index in [1.54, 1.807) is 0 Å². The molecule has 2 aliphatic heterocycles. The van der Waals surface area contributed by atoms with Crippen molar-refractivity contribution >= 4 is 0 Å². The van der Waals surface area contributed by atoms with E-state index < -0.39 is 0 Å². The second-order valence-electron chi connectivity index (χ2n) is 5.53. The zero-order chi connectivity index (χ0) is 11.6. The third-order valence-electron chi connectivity index (χ3n) is 2.81. The van der Waals surface area contributed by atoms with E-state index in [1.165, 1.54) is 0 Å². The zero-order valence-electron chi connectivity index (χ0n) is 10.4. The second kappa shape index (κ2) is 5.00. The van der Waals surface area contributed by atoms with E-state index in [4.69, 9.17) is 18.9 Å². The van der Waals surface area contributed by atoms with Crippen LogP contribution in [0.1, 0.15) is 20.8 Å². The maximum atomic E-state index is 5.63. The van der Waals surface area contributed by atoms with Gasteiger partial charge in [0.25, 0.3) is 0 Å². The summed E-state index contributed by atoms with van der Waals surface area (Å²) >= 11 is 0. The molecule has 4 heteroatoms. The Kier molecular flexibility index (Phi) is 3.85. The highest BCUT2D eigenvalue weighted by Crippen LogP contribution is 2.23. The quantitative estimate of drug-likeness (QED) is 0.588. The largest absolute Gasteiger partial charge is 0.378 e. The van der Waals surface area contributed by atoms with Gasteiger partial charge in [-0.2, -0.15) is 0 Å². The molecule has 3 atom stereocenters. The average Bonchev–Trinajstić information content (AvgIpc) is 3.06. The van der Waals surface area contributed by atoms with Gasteiger partial charge in [0.15, 0.2) is 0 Å². The summed E-state index contributed by atoms with van der Waals surface area (Å²) in [6.45, 7) is 10.1. The first kappa shape index (κ1) is 12.3. The molecular formula is C12H22O4. The molecule has 0 aromatic heterocycles. The maximum Gasteiger partial charge on any atom is 0.107 e. The van der Waals surface area contributed by atoms with E-state index in [-0.39, 0.29) is 5.41 Å². The molecule has 0 aromatic rings. The van der Waals surface area contributed by atoms with Crippen LogP contribution in [0, 0.1) is 5.41 Å². The number of hydrogen-bond acceptors (Lipinski definition) is 4. The molecule has 0 radical (unpaired) electrons. The van der Waals surface area contributed by atoms with Crippen molar-refractivity contribution in [1.29, 1.82) is 0 Å². The van der Waals surface area contributed by atoms with Crippen LogP contribution >= 0.6 is 0 Å². The van der Waals surface area contributed by atoms with Crippen LogP contribution in [0.15, 0.2) is 0 Å². The van der Waals surface area contributed by atoms with Crippen molar-refractivity contribution in [3.05, 3.63) is 0 Å². The SMILES string of the molecule is CC1OC1COCC(C)(C)COCC1CO1. The van der Waals surface area contributed by atoms with Gasteiger partial charge in [-0.3, -0.25) is 0 Å². The lowest BCUT2D eigenvalue weighted by Crippen LogP contribution is -2.27. The minimum Gasteiger partial charge on any atom is -0.378 e. The summed E-state index contributed by atoms with van der Waals surface area (Å²) in [7, 11) is 0. The van der Waals surface area contributed by atoms with Crippen LogP contribution < -0.4 is 0 Å². The van der Waals surface area contributed by atoms with E-state index in [2.05, 4.69) is 20.8 Å². The van der Waals surface area contributed by atoms with Gasteiger partial charge >= 0.3 is 0 Å². The Morgan fingerprint density at radius 1 is 1.19 bits per heavy atom. The van der Waals surface area contributed by atoms with Gasteiger partial charge in [-0.1, -0.05) is 13.8 Å². The number of hydrogen-bond donors (Lipinski definition) is 0. The third kappa shape index (κ3) is 4.37. The molecule has 3 unspecified atom stereocenters. The summed E-state index contributed by atoms with van der Waals surface area (Å²) in [6, 6.07) is 0. The molecular weight excluding hydrogens is 208 g/mol. The lowest BCUT2D eigenvalue weighted by molar-refractivity contribution is -0.0102. The molecule has 0 N–H and O–H groups in total. The summed E-state index contributed by atoms with van der Waals surface area (Å²) in [6.07, 6.45) is 1.04. The number of rotatable bonds is 8. The molecule has 2 saturated heterocycles. The second-order valence-corrected chi connectivity index (χ2v) is 5.53. The van der Waals surface area contributed by atoms with Crippen LogP contribution in [-0.2, 0) is 18.9 Å². The van der Waals surface area contributed by atoms with Crippen molar-refractivity contribution in [2.45, 2.75) is 39.1 Å². The molecule has 2 aliphatic rings. The Morgan fingerprint density at radius 3 is 2.25 bits per heavy atom. The fourth-order valence-corrected chi connectivity index (χ4v) is 1.53. The van der Waals surface area contributed by atoms with Crippen molar-refractivity contribution in [2.75, 3.05) is 33.0 Å². The Balaban J connectivity index is 1.50. The molecule has 0 saturated carbocycles. The van der Waals surface area contributed by atoms with Crippen LogP contribution in [0.4, 0.5) is 0 Å². The van der Waals surface area contributed by atoms with Gasteiger partial charge in [0.1, 0.15) is 12.2 Å². The van der Waals surface area contributed by atoms with Gasteiger partial charge in [-0.15, -0.1) is 0 Å². The van der Waals surface area contributed by atoms with Crippen LogP contribution in [0.2, 0.25) is 0 Å². The predicted molar refractivity (Wildman–Crippen MR) is 59.5 cm³/mol. The summed E-state index contributed by atoms with van der Waals surface area (Å²) in [5, 5.41) is 0. The molecule has 16 heavy (non-hydrogen) atoms. The van der Waals surface area contributed by atoms with Gasteiger partial charge in [-0.25, -0.2) is 0 Å². The molecule has 0 bridgehead atoms. The molecule has 2 fully saturated rings. The van der Waals surface area contributed by atoms with Crippen molar-refractivity contribution in [2.24, 2.45) is 5.41 Å². The maximum absolute atomic E-state index is 5.63. The molecule has 4 nitrogen and oxygen atoms in total. The molecule has 2 rings (SSSR count). The highest BCUT2D eigenvalue weighted by molar-refractivity contribution is 4.80. The summed E-state index contributed by atoms with van der Waals surface area (Å²) < 4.78 is 21.6. The standard InChI is InChI=1S/C12H22O4/c1-9-11(16-9)6-14-8-12(2,3)7-13-4-10-5-15-10/h9-11H,4-8H2,1-3H3. The van der Waals surface area contributed by atoms with Gasteiger partial charge in [0, 0.05) is 5.41 Å². The van der Waals surface area contributed by atoms with Crippen molar-refractivity contribution in [3.8, 4) is 0 Å². The number of ether oxygens (including phenoxy) is 4. The van der Waals surface area contributed by atoms with Crippen molar-refractivity contribution in [3.63, 3.8) is 0 Å². The van der Waals surface area contributed by atoms with Crippen molar-refractivity contribution < 1.29 is 18.9 Å². The normalized spacial score (nSPS) is 32.8. The minimum atomic E-state index is 0.0625. The van der Waals surface area contributed by atoms with Gasteiger partial charge in [0.05, 0.1) is 39.1 Å². The van der Waals surface area contributed by atoms with E-state index >= 15 is 0 Å². The van der Waals surface area contributed by atoms with Crippen LogP contribution in [0.25, 0.3) is 0 Å². The fraction of sp³-hybridized carbons (Fsp3) is 1.00. The Morgan fingerprint density at radius 2 is 1.75 bits per heavy atom. The molecule has 0 aromatic carbocycles. The fourth-order valence-electron chi connectivity index (χ4n) is 1.53. The van der Waals surface area contributed by atoms with Crippen molar-refractivity contribution in [1.82, 2.24) is 0 Å². The summed E-state index contributed by atoms with van der Waals surface area (Å²) in [5.74, 6) is 0. The van der Waals surface area contributed by atoms with E-state index in [0.717, 1.165) is 6.61 Å². The van der Waals surface area contributed by atoms with Gasteiger partial charge < -0.3 is 18.9 Å². The first-order valence-electron chi connectivity index (χ1n) is 5.99. The highest BCUT2D eigenvalue weighted by Gasteiger charge is 2.34. The summed E-state index contributed by atoms with van der Waals surface area (Å²) in [5.41, 5.74) is 0.0625. The molecule has 0 spiro atoms. The van der Waals surface area contributed by atoms with E-state index in [9.17, 15) is 0 Å². The van der Waals surface area contributed by atoms with Crippen LogP contribution in [-0.4, -0.2) is 51.3 Å². The zero-order valence-corrected chi connectivity index (χ0v) is 10.4. The summed E-state index contributed by atoms with van der Waals surface area (Å²) in [4.78, 5) is 0. The minimum absolute atomic E-state index is 0.0625. The average molecular weight is 230 g/mol. The van der Waals surface area contributed by atoms with Crippen LogP contribution in [0.5, 0.6) is 0 Å². The lowest BCUT2D eigenvalue weighted by atomic mass is 9.96. The molecule has 0 amide bonds. The highest BCUT2D eigenvalue weighted by atomic mass is 16.6. The monoisotopic (exact) mass is 230 g/mol. The smallest absolute Gasteiger partial charge is 0.107 e. The van der Waals surface area contributed by atoms with E-state index in [1.807, 2.05) is 0 Å². The Labute approximate surface area is 97.2 Å². The molecule has 94 valence electrons. The lowest BCUT2D eigenvalue weighted by Gasteiger charge is -2.23. The topological polar surface area (TPSA) is 43.5 Å². The predicted octanol–water partition coefficient (Wildman–Crippen LogP) is 1.23. The first-order chi connectivity index (χ1) is 7.57. The molecule has 0 aliphatic carbocycles. The van der Waals surface area contributed by atoms with Gasteiger partial charge in [-0.05, 0) is 6.92 Å². The first-order valence-corrected chi connectivity index (χ1v) is 5.99. The van der Waals surface area contributed by atoms with E-state index in [0.29, 0.717) is 44.7 Å². The third-order valence-corrected chi connectivity index (χ3v) is 2.81. The number of epoxide rings is 2. The Hall–Kier alpha value is -0.160. The van der Waals surface area contributed by atoms with Gasteiger partial charge in [0.2, 0.25) is 0 Å².